The van der Waals surface area contributed by atoms with Gasteiger partial charge in [0.2, 0.25) is 5.88 Å². The van der Waals surface area contributed by atoms with Gasteiger partial charge in [0.1, 0.15) is 11.6 Å². The van der Waals surface area contributed by atoms with Crippen LogP contribution >= 0.6 is 0 Å². The van der Waals surface area contributed by atoms with E-state index in [-0.39, 0.29) is 11.3 Å². The number of nitrogens with one attached hydrogen (secondary N) is 3. The molecular formula is C12H9F2N3O4. The maximum Gasteiger partial charge on any atom is 0.328 e. The second-order valence-electron chi connectivity index (χ2n) is 4.15. The third-order valence-electron chi connectivity index (χ3n) is 2.69. The molecule has 1 aromatic carbocycles. The number of anilines is 1. The highest BCUT2D eigenvalue weighted by molar-refractivity contribution is 6.05. The van der Waals surface area contributed by atoms with Gasteiger partial charge in [0.05, 0.1) is 0 Å². The Balaban J connectivity index is 2.40. The molecule has 9 heteroatoms. The van der Waals surface area contributed by atoms with Gasteiger partial charge in [-0.05, 0) is 19.1 Å². The van der Waals surface area contributed by atoms with Gasteiger partial charge >= 0.3 is 5.69 Å². The van der Waals surface area contributed by atoms with Crippen molar-refractivity contribution in [2.75, 3.05) is 5.32 Å². The first-order chi connectivity index (χ1) is 9.79. The molecule has 0 aliphatic heterocycles. The molecule has 0 saturated carbocycles. The van der Waals surface area contributed by atoms with Gasteiger partial charge in [-0.2, -0.15) is 0 Å². The molecule has 4 N–H and O–H groups in total. The molecule has 110 valence electrons. The number of rotatable bonds is 2. The van der Waals surface area contributed by atoms with Crippen molar-refractivity contribution in [2.24, 2.45) is 0 Å². The Labute approximate surface area is 115 Å². The molecule has 0 aliphatic rings. The van der Waals surface area contributed by atoms with Gasteiger partial charge in [0.25, 0.3) is 11.5 Å². The van der Waals surface area contributed by atoms with Gasteiger partial charge in [-0.3, -0.25) is 19.6 Å². The summed E-state index contributed by atoms with van der Waals surface area (Å²) in [6.45, 7) is 1.22. The Morgan fingerprint density at radius 1 is 1.19 bits per heavy atom. The highest BCUT2D eigenvalue weighted by Crippen LogP contribution is 2.19. The van der Waals surface area contributed by atoms with Gasteiger partial charge in [-0.25, -0.2) is 13.6 Å². The van der Waals surface area contributed by atoms with Crippen LogP contribution in [0, 0.1) is 18.6 Å². The first kappa shape index (κ1) is 14.4. The quantitative estimate of drug-likeness (QED) is 0.650. The second-order valence-corrected chi connectivity index (χ2v) is 4.15. The SMILES string of the molecule is Cc1c(F)cc(NC(=O)c2c(O)[nH]c(=O)[nH]c2=O)cc1F. The molecule has 0 atom stereocenters. The van der Waals surface area contributed by atoms with Crippen LogP contribution in [0.2, 0.25) is 0 Å². The van der Waals surface area contributed by atoms with E-state index < -0.39 is 40.2 Å². The van der Waals surface area contributed by atoms with E-state index in [4.69, 9.17) is 0 Å². The van der Waals surface area contributed by atoms with Crippen LogP contribution in [0.1, 0.15) is 15.9 Å². The number of halogens is 2. The fourth-order valence-corrected chi connectivity index (χ4v) is 1.60. The Morgan fingerprint density at radius 2 is 1.76 bits per heavy atom. The number of hydrogen-bond donors (Lipinski definition) is 4. The molecule has 0 fully saturated rings. The Kier molecular flexibility index (Phi) is 3.57. The zero-order valence-corrected chi connectivity index (χ0v) is 10.6. The molecule has 0 unspecified atom stereocenters. The molecule has 1 aromatic heterocycles. The maximum atomic E-state index is 13.3. The zero-order valence-electron chi connectivity index (χ0n) is 10.6. The van der Waals surface area contributed by atoms with E-state index in [2.05, 4.69) is 0 Å². The van der Waals surface area contributed by atoms with Crippen LogP contribution in [-0.4, -0.2) is 21.0 Å². The van der Waals surface area contributed by atoms with Crippen molar-refractivity contribution in [3.05, 3.63) is 55.7 Å². The smallest absolute Gasteiger partial charge is 0.328 e. The highest BCUT2D eigenvalue weighted by atomic mass is 19.1. The van der Waals surface area contributed by atoms with E-state index in [0.29, 0.717) is 0 Å². The van der Waals surface area contributed by atoms with Gasteiger partial charge in [0, 0.05) is 11.3 Å². The van der Waals surface area contributed by atoms with Crippen LogP contribution in [-0.2, 0) is 0 Å². The normalized spacial score (nSPS) is 10.4. The fraction of sp³-hybridized carbons (Fsp3) is 0.0833. The summed E-state index contributed by atoms with van der Waals surface area (Å²) in [4.78, 5) is 37.7. The molecule has 0 spiro atoms. The lowest BCUT2D eigenvalue weighted by Gasteiger charge is -2.07. The molecule has 0 radical (unpaired) electrons. The monoisotopic (exact) mass is 297 g/mol. The summed E-state index contributed by atoms with van der Waals surface area (Å²) in [6.07, 6.45) is 0. The van der Waals surface area contributed by atoms with E-state index in [9.17, 15) is 28.3 Å². The lowest BCUT2D eigenvalue weighted by atomic mass is 10.2. The number of H-pyrrole nitrogens is 2. The lowest BCUT2D eigenvalue weighted by molar-refractivity contribution is 0.102. The number of aromatic amines is 2. The third kappa shape index (κ3) is 2.81. The topological polar surface area (TPSA) is 115 Å². The minimum atomic E-state index is -1.14. The summed E-state index contributed by atoms with van der Waals surface area (Å²) >= 11 is 0. The minimum Gasteiger partial charge on any atom is -0.494 e. The number of carbonyl (C=O) groups is 1. The van der Waals surface area contributed by atoms with Crippen molar-refractivity contribution in [3.8, 4) is 5.88 Å². The van der Waals surface area contributed by atoms with Crippen molar-refractivity contribution in [3.63, 3.8) is 0 Å². The van der Waals surface area contributed by atoms with Crippen LogP contribution in [0.5, 0.6) is 5.88 Å². The molecule has 0 bridgehead atoms. The molecule has 2 aromatic rings. The van der Waals surface area contributed by atoms with E-state index >= 15 is 0 Å². The number of aromatic hydroxyl groups is 1. The largest absolute Gasteiger partial charge is 0.494 e. The first-order valence-electron chi connectivity index (χ1n) is 5.62. The minimum absolute atomic E-state index is 0.224. The van der Waals surface area contributed by atoms with Crippen LogP contribution in [0.3, 0.4) is 0 Å². The van der Waals surface area contributed by atoms with Gasteiger partial charge in [-0.1, -0.05) is 0 Å². The number of hydrogen-bond acceptors (Lipinski definition) is 4. The first-order valence-corrected chi connectivity index (χ1v) is 5.62. The Morgan fingerprint density at radius 3 is 2.29 bits per heavy atom. The van der Waals surface area contributed by atoms with Gasteiger partial charge in [-0.15, -0.1) is 0 Å². The summed E-state index contributed by atoms with van der Waals surface area (Å²) < 4.78 is 26.7. The molecule has 1 amide bonds. The number of aromatic nitrogens is 2. The predicted molar refractivity (Wildman–Crippen MR) is 68.4 cm³/mol. The number of benzene rings is 1. The van der Waals surface area contributed by atoms with Crippen LogP contribution < -0.4 is 16.6 Å². The van der Waals surface area contributed by atoms with Crippen LogP contribution in [0.15, 0.2) is 21.7 Å². The third-order valence-corrected chi connectivity index (χ3v) is 2.69. The number of carbonyl (C=O) groups excluding carboxylic acids is 1. The summed E-state index contributed by atoms with van der Waals surface area (Å²) in [5, 5.41) is 11.4. The van der Waals surface area contributed by atoms with E-state index in [1.54, 1.807) is 4.98 Å². The highest BCUT2D eigenvalue weighted by Gasteiger charge is 2.18. The van der Waals surface area contributed by atoms with Crippen molar-refractivity contribution in [2.45, 2.75) is 6.92 Å². The van der Waals surface area contributed by atoms with Crippen molar-refractivity contribution >= 4 is 11.6 Å². The maximum absolute atomic E-state index is 13.3. The van der Waals surface area contributed by atoms with E-state index in [1.807, 2.05) is 10.3 Å². The summed E-state index contributed by atoms with van der Waals surface area (Å²) in [5.41, 5.74) is -3.39. The summed E-state index contributed by atoms with van der Waals surface area (Å²) in [5.74, 6) is -3.85. The van der Waals surface area contributed by atoms with Gasteiger partial charge in [0.15, 0.2) is 5.56 Å². The number of amides is 1. The molecule has 0 saturated heterocycles. The van der Waals surface area contributed by atoms with E-state index in [1.165, 1.54) is 6.92 Å². The van der Waals surface area contributed by atoms with Crippen molar-refractivity contribution < 1.29 is 18.7 Å². The average Bonchev–Trinajstić information content (AvgIpc) is 2.34. The second kappa shape index (κ2) is 5.19. The molecule has 0 aliphatic carbocycles. The lowest BCUT2D eigenvalue weighted by Crippen LogP contribution is -2.30. The Hall–Kier alpha value is -2.97. The Bertz CT molecular complexity index is 818. The van der Waals surface area contributed by atoms with Gasteiger partial charge < -0.3 is 10.4 Å². The van der Waals surface area contributed by atoms with Crippen LogP contribution in [0.25, 0.3) is 0 Å². The van der Waals surface area contributed by atoms with Crippen LogP contribution in [0.4, 0.5) is 14.5 Å². The molecule has 21 heavy (non-hydrogen) atoms. The molecular weight excluding hydrogens is 288 g/mol. The average molecular weight is 297 g/mol. The molecule has 2 rings (SSSR count). The van der Waals surface area contributed by atoms with E-state index in [0.717, 1.165) is 12.1 Å². The standard InChI is InChI=1S/C12H9F2N3O4/c1-4-6(13)2-5(3-7(4)14)15-9(18)8-10(19)16-12(21)17-11(8)20/h2-3H,1H3,(H,15,18)(H3,16,17,19,20,21). The predicted octanol–water partition coefficient (Wildman–Crippen LogP) is 0.608. The summed E-state index contributed by atoms with van der Waals surface area (Å²) in [7, 11) is 0. The zero-order chi connectivity index (χ0) is 15.7. The fourth-order valence-electron chi connectivity index (χ4n) is 1.60. The summed E-state index contributed by atoms with van der Waals surface area (Å²) in [6, 6.07) is 1.71. The molecule has 1 heterocycles. The molecule has 7 nitrogen and oxygen atoms in total. The van der Waals surface area contributed by atoms with Crippen molar-refractivity contribution in [1.82, 2.24) is 9.97 Å². The van der Waals surface area contributed by atoms with Crippen molar-refractivity contribution in [1.29, 1.82) is 0 Å².